The van der Waals surface area contributed by atoms with Crippen molar-refractivity contribution in [1.82, 2.24) is 10.2 Å². The molecule has 1 aromatic carbocycles. The average Bonchev–Trinajstić information content (AvgIpc) is 2.86. The second kappa shape index (κ2) is 6.59. The van der Waals surface area contributed by atoms with Crippen molar-refractivity contribution in [2.45, 2.75) is 45.8 Å². The second-order valence-electron chi connectivity index (χ2n) is 6.52. The summed E-state index contributed by atoms with van der Waals surface area (Å²) in [6.07, 6.45) is 1.26. The van der Waals surface area contributed by atoms with E-state index in [9.17, 15) is 0 Å². The summed E-state index contributed by atoms with van der Waals surface area (Å²) in [5, 5.41) is 3.55. The van der Waals surface area contributed by atoms with Gasteiger partial charge in [0.15, 0.2) is 0 Å². The maximum Gasteiger partial charge on any atom is 0.0412 e. The van der Waals surface area contributed by atoms with Crippen molar-refractivity contribution < 1.29 is 0 Å². The average molecular weight is 275 g/mol. The third-order valence-electron chi connectivity index (χ3n) is 4.17. The standard InChI is InChI=1S/C17H29N3/c1-13(2)18-11-15-10-14(3)6-7-17(15)20-9-8-16(12-20)19(4)5/h6-7,10,13,16,18H,8-9,11-12H2,1-5H3. The van der Waals surface area contributed by atoms with E-state index >= 15 is 0 Å². The fraction of sp³-hybridized carbons (Fsp3) is 0.647. The number of anilines is 1. The highest BCUT2D eigenvalue weighted by atomic mass is 15.2. The molecule has 1 saturated heterocycles. The fourth-order valence-corrected chi connectivity index (χ4v) is 2.86. The molecule has 0 aromatic heterocycles. The van der Waals surface area contributed by atoms with Crippen LogP contribution in [0.1, 0.15) is 31.4 Å². The van der Waals surface area contributed by atoms with Crippen molar-refractivity contribution in [3.63, 3.8) is 0 Å². The summed E-state index contributed by atoms with van der Waals surface area (Å²) < 4.78 is 0. The monoisotopic (exact) mass is 275 g/mol. The molecule has 0 saturated carbocycles. The van der Waals surface area contributed by atoms with Gasteiger partial charge in [-0.15, -0.1) is 0 Å². The Hall–Kier alpha value is -1.06. The number of benzene rings is 1. The van der Waals surface area contributed by atoms with Crippen molar-refractivity contribution in [3.8, 4) is 0 Å². The number of likely N-dealkylation sites (N-methyl/N-ethyl adjacent to an activating group) is 1. The van der Waals surface area contributed by atoms with Gasteiger partial charge in [0.1, 0.15) is 0 Å². The van der Waals surface area contributed by atoms with Gasteiger partial charge in [-0.3, -0.25) is 0 Å². The molecule has 1 N–H and O–H groups in total. The fourth-order valence-electron chi connectivity index (χ4n) is 2.86. The van der Waals surface area contributed by atoms with Gasteiger partial charge in [-0.25, -0.2) is 0 Å². The Labute approximate surface area is 124 Å². The quantitative estimate of drug-likeness (QED) is 0.891. The molecule has 0 spiro atoms. The highest BCUT2D eigenvalue weighted by Crippen LogP contribution is 2.27. The second-order valence-corrected chi connectivity index (χ2v) is 6.52. The van der Waals surface area contributed by atoms with Crippen LogP contribution in [0.15, 0.2) is 18.2 Å². The Kier molecular flexibility index (Phi) is 5.06. The van der Waals surface area contributed by atoms with Gasteiger partial charge in [0.2, 0.25) is 0 Å². The molecule has 0 bridgehead atoms. The van der Waals surface area contributed by atoms with Crippen LogP contribution in [-0.4, -0.2) is 44.2 Å². The number of hydrogen-bond donors (Lipinski definition) is 1. The molecule has 1 aliphatic rings. The molecule has 1 unspecified atom stereocenters. The molecule has 1 atom stereocenters. The van der Waals surface area contributed by atoms with E-state index in [2.05, 4.69) is 68.2 Å². The Morgan fingerprint density at radius 2 is 2.10 bits per heavy atom. The van der Waals surface area contributed by atoms with E-state index in [0.29, 0.717) is 12.1 Å². The van der Waals surface area contributed by atoms with Crippen molar-refractivity contribution in [2.24, 2.45) is 0 Å². The summed E-state index contributed by atoms with van der Waals surface area (Å²) in [4.78, 5) is 4.89. The van der Waals surface area contributed by atoms with Crippen molar-refractivity contribution >= 4 is 5.69 Å². The zero-order valence-electron chi connectivity index (χ0n) is 13.6. The summed E-state index contributed by atoms with van der Waals surface area (Å²) in [5.41, 5.74) is 4.18. The highest BCUT2D eigenvalue weighted by Gasteiger charge is 2.25. The van der Waals surface area contributed by atoms with Crippen LogP contribution in [0.3, 0.4) is 0 Å². The molecule has 0 aliphatic carbocycles. The first-order valence-electron chi connectivity index (χ1n) is 7.71. The minimum atomic E-state index is 0.525. The lowest BCUT2D eigenvalue weighted by Gasteiger charge is -2.25. The Balaban J connectivity index is 2.14. The van der Waals surface area contributed by atoms with E-state index in [1.54, 1.807) is 0 Å². The first kappa shape index (κ1) is 15.3. The largest absolute Gasteiger partial charge is 0.370 e. The minimum Gasteiger partial charge on any atom is -0.370 e. The summed E-state index contributed by atoms with van der Waals surface area (Å²) in [5.74, 6) is 0. The molecule has 3 heteroatoms. The highest BCUT2D eigenvalue weighted by molar-refractivity contribution is 5.56. The van der Waals surface area contributed by atoms with Gasteiger partial charge in [0.25, 0.3) is 0 Å². The minimum absolute atomic E-state index is 0.525. The van der Waals surface area contributed by atoms with Gasteiger partial charge in [0, 0.05) is 37.4 Å². The number of aryl methyl sites for hydroxylation is 1. The lowest BCUT2D eigenvalue weighted by Crippen LogP contribution is -2.32. The molecule has 1 heterocycles. The van der Waals surface area contributed by atoms with E-state index in [-0.39, 0.29) is 0 Å². The van der Waals surface area contributed by atoms with Crippen molar-refractivity contribution in [1.29, 1.82) is 0 Å². The van der Waals surface area contributed by atoms with Gasteiger partial charge < -0.3 is 15.1 Å². The van der Waals surface area contributed by atoms with Crippen molar-refractivity contribution in [2.75, 3.05) is 32.1 Å². The molecular weight excluding hydrogens is 246 g/mol. The van der Waals surface area contributed by atoms with Crippen LogP contribution < -0.4 is 10.2 Å². The smallest absolute Gasteiger partial charge is 0.0412 e. The molecule has 112 valence electrons. The maximum absolute atomic E-state index is 3.55. The Morgan fingerprint density at radius 1 is 1.35 bits per heavy atom. The molecule has 1 aromatic rings. The molecule has 1 fully saturated rings. The summed E-state index contributed by atoms with van der Waals surface area (Å²) in [6.45, 7) is 9.85. The number of rotatable bonds is 5. The first-order chi connectivity index (χ1) is 9.47. The van der Waals surface area contributed by atoms with Gasteiger partial charge in [-0.1, -0.05) is 31.5 Å². The third kappa shape index (κ3) is 3.74. The van der Waals surface area contributed by atoms with E-state index in [1.807, 2.05) is 0 Å². The molecule has 1 aliphatic heterocycles. The third-order valence-corrected chi connectivity index (χ3v) is 4.17. The predicted octanol–water partition coefficient (Wildman–Crippen LogP) is 2.63. The van der Waals surface area contributed by atoms with Crippen molar-refractivity contribution in [3.05, 3.63) is 29.3 Å². The van der Waals surface area contributed by atoms with E-state index in [4.69, 9.17) is 0 Å². The first-order valence-corrected chi connectivity index (χ1v) is 7.71. The summed E-state index contributed by atoms with van der Waals surface area (Å²) in [6, 6.07) is 8.06. The Bertz CT molecular complexity index is 440. The number of nitrogens with one attached hydrogen (secondary N) is 1. The van der Waals surface area contributed by atoms with Gasteiger partial charge in [-0.2, -0.15) is 0 Å². The SMILES string of the molecule is Cc1ccc(N2CCC(N(C)C)C2)c(CNC(C)C)c1. The summed E-state index contributed by atoms with van der Waals surface area (Å²) in [7, 11) is 4.37. The van der Waals surface area contributed by atoms with Gasteiger partial charge >= 0.3 is 0 Å². The van der Waals surface area contributed by atoms with Crippen LogP contribution in [0, 0.1) is 6.92 Å². The van der Waals surface area contributed by atoms with Gasteiger partial charge in [-0.05, 0) is 39.1 Å². The number of hydrogen-bond acceptors (Lipinski definition) is 3. The van der Waals surface area contributed by atoms with Crippen LogP contribution in [0.5, 0.6) is 0 Å². The zero-order valence-corrected chi connectivity index (χ0v) is 13.6. The van der Waals surface area contributed by atoms with Crippen LogP contribution >= 0.6 is 0 Å². The van der Waals surface area contributed by atoms with Crippen LogP contribution in [-0.2, 0) is 6.54 Å². The molecule has 0 radical (unpaired) electrons. The van der Waals surface area contributed by atoms with E-state index in [0.717, 1.165) is 13.1 Å². The molecule has 20 heavy (non-hydrogen) atoms. The van der Waals surface area contributed by atoms with Gasteiger partial charge in [0.05, 0.1) is 0 Å². The van der Waals surface area contributed by atoms with Crippen LogP contribution in [0.25, 0.3) is 0 Å². The molecular formula is C17H29N3. The van der Waals surface area contributed by atoms with Crippen LogP contribution in [0.2, 0.25) is 0 Å². The number of nitrogens with zero attached hydrogens (tertiary/aromatic N) is 2. The molecule has 2 rings (SSSR count). The summed E-state index contributed by atoms with van der Waals surface area (Å²) >= 11 is 0. The lowest BCUT2D eigenvalue weighted by atomic mass is 10.1. The van der Waals surface area contributed by atoms with E-state index < -0.39 is 0 Å². The normalized spacial score (nSPS) is 19.4. The zero-order chi connectivity index (χ0) is 14.7. The van der Waals surface area contributed by atoms with E-state index in [1.165, 1.54) is 29.8 Å². The molecule has 0 amide bonds. The lowest BCUT2D eigenvalue weighted by molar-refractivity contribution is 0.315. The topological polar surface area (TPSA) is 18.5 Å². The van der Waals surface area contributed by atoms with Crippen LogP contribution in [0.4, 0.5) is 5.69 Å². The molecule has 3 nitrogen and oxygen atoms in total. The Morgan fingerprint density at radius 3 is 2.70 bits per heavy atom. The predicted molar refractivity (Wildman–Crippen MR) is 87.5 cm³/mol. The maximum atomic E-state index is 3.55.